The molecule has 0 aromatic heterocycles. The average Bonchev–Trinajstić information content (AvgIpc) is 2.39. The van der Waals surface area contributed by atoms with Gasteiger partial charge < -0.3 is 15.2 Å². The normalized spacial score (nSPS) is 10.1. The Balaban J connectivity index is 2.32. The summed E-state index contributed by atoms with van der Waals surface area (Å²) in [7, 11) is 0. The van der Waals surface area contributed by atoms with Crippen molar-refractivity contribution in [2.24, 2.45) is 0 Å². The van der Waals surface area contributed by atoms with E-state index in [1.54, 1.807) is 6.92 Å². The van der Waals surface area contributed by atoms with Crippen LogP contribution in [0.5, 0.6) is 0 Å². The van der Waals surface area contributed by atoms with Crippen molar-refractivity contribution >= 4 is 5.97 Å². The summed E-state index contributed by atoms with van der Waals surface area (Å²) in [6.07, 6.45) is 0. The highest BCUT2D eigenvalue weighted by Gasteiger charge is 2.06. The SMILES string of the molecule is C=C(CNCc1ccc(CO)cc1)C(=O)OCC. The largest absolute Gasteiger partial charge is 0.463 e. The van der Waals surface area contributed by atoms with Crippen molar-refractivity contribution in [2.45, 2.75) is 20.1 Å². The molecule has 4 nitrogen and oxygen atoms in total. The van der Waals surface area contributed by atoms with Gasteiger partial charge in [-0.05, 0) is 18.1 Å². The quantitative estimate of drug-likeness (QED) is 0.566. The molecular formula is C14H19NO3. The maximum Gasteiger partial charge on any atom is 0.334 e. The Morgan fingerprint density at radius 3 is 2.50 bits per heavy atom. The van der Waals surface area contributed by atoms with E-state index in [0.717, 1.165) is 11.1 Å². The number of carbonyl (C=O) groups is 1. The van der Waals surface area contributed by atoms with E-state index in [-0.39, 0.29) is 12.6 Å². The van der Waals surface area contributed by atoms with E-state index in [1.807, 2.05) is 24.3 Å². The summed E-state index contributed by atoms with van der Waals surface area (Å²) in [6.45, 7) is 6.88. The van der Waals surface area contributed by atoms with Gasteiger partial charge in [-0.25, -0.2) is 4.79 Å². The molecule has 18 heavy (non-hydrogen) atoms. The van der Waals surface area contributed by atoms with Gasteiger partial charge >= 0.3 is 5.97 Å². The molecule has 0 aliphatic rings. The minimum absolute atomic E-state index is 0.0490. The van der Waals surface area contributed by atoms with Gasteiger partial charge in [-0.3, -0.25) is 0 Å². The van der Waals surface area contributed by atoms with Gasteiger partial charge in [-0.1, -0.05) is 30.8 Å². The van der Waals surface area contributed by atoms with Gasteiger partial charge in [-0.2, -0.15) is 0 Å². The van der Waals surface area contributed by atoms with Gasteiger partial charge in [0.15, 0.2) is 0 Å². The van der Waals surface area contributed by atoms with Gasteiger partial charge in [0.2, 0.25) is 0 Å². The molecule has 0 saturated carbocycles. The number of ether oxygens (including phenoxy) is 1. The van der Waals surface area contributed by atoms with Crippen molar-refractivity contribution in [1.29, 1.82) is 0 Å². The third-order valence-electron chi connectivity index (χ3n) is 2.44. The molecule has 0 spiro atoms. The van der Waals surface area contributed by atoms with E-state index in [0.29, 0.717) is 25.3 Å². The fraction of sp³-hybridized carbons (Fsp3) is 0.357. The highest BCUT2D eigenvalue weighted by atomic mass is 16.5. The Bertz CT molecular complexity index is 398. The molecule has 4 heteroatoms. The van der Waals surface area contributed by atoms with E-state index in [4.69, 9.17) is 9.84 Å². The molecule has 0 fully saturated rings. The van der Waals surface area contributed by atoms with E-state index in [2.05, 4.69) is 11.9 Å². The van der Waals surface area contributed by atoms with E-state index >= 15 is 0 Å². The molecule has 1 aromatic carbocycles. The van der Waals surface area contributed by atoms with Crippen LogP contribution in [-0.2, 0) is 22.7 Å². The van der Waals surface area contributed by atoms with E-state index in [1.165, 1.54) is 0 Å². The lowest BCUT2D eigenvalue weighted by atomic mass is 10.1. The number of rotatable bonds is 7. The second-order valence-electron chi connectivity index (χ2n) is 3.90. The molecule has 1 aromatic rings. The first-order valence-corrected chi connectivity index (χ1v) is 5.91. The molecule has 0 saturated heterocycles. The third kappa shape index (κ3) is 4.69. The standard InChI is InChI=1S/C14H19NO3/c1-3-18-14(17)11(2)8-15-9-12-4-6-13(10-16)7-5-12/h4-7,15-16H,2-3,8-10H2,1H3. The zero-order chi connectivity index (χ0) is 13.4. The highest BCUT2D eigenvalue weighted by molar-refractivity contribution is 5.88. The van der Waals surface area contributed by atoms with Gasteiger partial charge in [0.1, 0.15) is 0 Å². The molecule has 0 radical (unpaired) electrons. The first-order valence-electron chi connectivity index (χ1n) is 5.91. The molecule has 2 N–H and O–H groups in total. The second-order valence-corrected chi connectivity index (χ2v) is 3.90. The first kappa shape index (κ1) is 14.4. The number of hydrogen-bond donors (Lipinski definition) is 2. The monoisotopic (exact) mass is 249 g/mol. The summed E-state index contributed by atoms with van der Waals surface area (Å²) >= 11 is 0. The topological polar surface area (TPSA) is 58.6 Å². The molecular weight excluding hydrogens is 230 g/mol. The zero-order valence-corrected chi connectivity index (χ0v) is 10.6. The maximum absolute atomic E-state index is 11.3. The van der Waals surface area contributed by atoms with E-state index < -0.39 is 0 Å². The molecule has 0 amide bonds. The Hall–Kier alpha value is -1.65. The Morgan fingerprint density at radius 1 is 1.33 bits per heavy atom. The summed E-state index contributed by atoms with van der Waals surface area (Å²) in [5.74, 6) is -0.361. The molecule has 0 unspecified atom stereocenters. The van der Waals surface area contributed by atoms with E-state index in [9.17, 15) is 4.79 Å². The summed E-state index contributed by atoms with van der Waals surface area (Å²) < 4.78 is 4.83. The molecule has 1 rings (SSSR count). The van der Waals surface area contributed by atoms with Crippen molar-refractivity contribution in [3.63, 3.8) is 0 Å². The van der Waals surface area contributed by atoms with Crippen LogP contribution in [0.3, 0.4) is 0 Å². The van der Waals surface area contributed by atoms with Gasteiger partial charge in [0.05, 0.1) is 13.2 Å². The van der Waals surface area contributed by atoms with Crippen molar-refractivity contribution in [2.75, 3.05) is 13.2 Å². The summed E-state index contributed by atoms with van der Waals surface area (Å²) in [5, 5.41) is 12.0. The molecule has 98 valence electrons. The summed E-state index contributed by atoms with van der Waals surface area (Å²) in [4.78, 5) is 11.3. The average molecular weight is 249 g/mol. The van der Waals surface area contributed by atoms with Crippen LogP contribution in [0.2, 0.25) is 0 Å². The number of carbonyl (C=O) groups excluding carboxylic acids is 1. The number of hydrogen-bond acceptors (Lipinski definition) is 4. The lowest BCUT2D eigenvalue weighted by molar-refractivity contribution is -0.138. The van der Waals surface area contributed by atoms with Crippen molar-refractivity contribution in [3.8, 4) is 0 Å². The molecule has 0 atom stereocenters. The Morgan fingerprint density at radius 2 is 1.94 bits per heavy atom. The van der Waals surface area contributed by atoms with Crippen LogP contribution in [0.1, 0.15) is 18.1 Å². The molecule has 0 aliphatic carbocycles. The van der Waals surface area contributed by atoms with Crippen molar-refractivity contribution in [1.82, 2.24) is 5.32 Å². The smallest absolute Gasteiger partial charge is 0.334 e. The fourth-order valence-electron chi connectivity index (χ4n) is 1.43. The predicted octanol–water partition coefficient (Wildman–Crippen LogP) is 1.39. The first-order chi connectivity index (χ1) is 8.67. The number of nitrogens with one attached hydrogen (secondary N) is 1. The minimum Gasteiger partial charge on any atom is -0.463 e. The van der Waals surface area contributed by atoms with Gasteiger partial charge in [0.25, 0.3) is 0 Å². The lowest BCUT2D eigenvalue weighted by Crippen LogP contribution is -2.21. The van der Waals surface area contributed by atoms with Crippen LogP contribution in [-0.4, -0.2) is 24.2 Å². The van der Waals surface area contributed by atoms with Crippen LogP contribution in [0.15, 0.2) is 36.4 Å². The Kier molecular flexibility index (Phi) is 6.11. The fourth-order valence-corrected chi connectivity index (χ4v) is 1.43. The summed E-state index contributed by atoms with van der Waals surface area (Å²) in [5.41, 5.74) is 2.39. The summed E-state index contributed by atoms with van der Waals surface area (Å²) in [6, 6.07) is 7.62. The predicted molar refractivity (Wildman–Crippen MR) is 69.8 cm³/mol. The highest BCUT2D eigenvalue weighted by Crippen LogP contribution is 2.04. The van der Waals surface area contributed by atoms with Crippen LogP contribution in [0, 0.1) is 0 Å². The van der Waals surface area contributed by atoms with Crippen molar-refractivity contribution < 1.29 is 14.6 Å². The minimum atomic E-state index is -0.361. The molecule has 0 aliphatic heterocycles. The van der Waals surface area contributed by atoms with Crippen LogP contribution in [0.25, 0.3) is 0 Å². The number of aliphatic hydroxyl groups excluding tert-OH is 1. The van der Waals surface area contributed by atoms with Gasteiger partial charge in [-0.15, -0.1) is 0 Å². The van der Waals surface area contributed by atoms with Gasteiger partial charge in [0, 0.05) is 18.7 Å². The molecule has 0 bridgehead atoms. The number of aliphatic hydroxyl groups is 1. The number of benzene rings is 1. The zero-order valence-electron chi connectivity index (χ0n) is 10.6. The van der Waals surface area contributed by atoms with Crippen LogP contribution in [0.4, 0.5) is 0 Å². The lowest BCUT2D eigenvalue weighted by Gasteiger charge is -2.07. The van der Waals surface area contributed by atoms with Crippen LogP contribution < -0.4 is 5.32 Å². The molecule has 0 heterocycles. The maximum atomic E-state index is 11.3. The Labute approximate surface area is 107 Å². The second kappa shape index (κ2) is 7.63. The van der Waals surface area contributed by atoms with Crippen LogP contribution >= 0.6 is 0 Å². The third-order valence-corrected chi connectivity index (χ3v) is 2.44. The van der Waals surface area contributed by atoms with Crippen molar-refractivity contribution in [3.05, 3.63) is 47.5 Å². The number of esters is 1.